The number of hydrogen-bond acceptors (Lipinski definition) is 2. The van der Waals surface area contributed by atoms with Gasteiger partial charge in [-0.15, -0.1) is 0 Å². The molecule has 0 atom stereocenters. The highest BCUT2D eigenvalue weighted by atomic mass is 16.1. The van der Waals surface area contributed by atoms with Crippen LogP contribution in [0.4, 0.5) is 0 Å². The van der Waals surface area contributed by atoms with Crippen LogP contribution in [0.1, 0.15) is 32.2 Å². The minimum atomic E-state index is 0.0264. The van der Waals surface area contributed by atoms with Crippen LogP contribution < -0.4 is 0 Å². The van der Waals surface area contributed by atoms with Gasteiger partial charge in [0.2, 0.25) is 0 Å². The van der Waals surface area contributed by atoms with Gasteiger partial charge in [0.1, 0.15) is 12.1 Å². The van der Waals surface area contributed by atoms with Crippen LogP contribution in [0.15, 0.2) is 24.5 Å². The molecule has 2 aromatic rings. The SMILES string of the molecule is CC(C)(C)c1ncc2cc(CC=O)ccn12. The summed E-state index contributed by atoms with van der Waals surface area (Å²) in [7, 11) is 0. The van der Waals surface area contributed by atoms with Gasteiger partial charge in [0.25, 0.3) is 0 Å². The normalized spacial score (nSPS) is 11.9. The molecule has 0 saturated carbocycles. The molecule has 0 aromatic carbocycles. The second kappa shape index (κ2) is 3.74. The summed E-state index contributed by atoms with van der Waals surface area (Å²) in [6.45, 7) is 6.42. The van der Waals surface area contributed by atoms with E-state index in [-0.39, 0.29) is 5.41 Å². The zero-order chi connectivity index (χ0) is 11.8. The molecule has 0 spiro atoms. The lowest BCUT2D eigenvalue weighted by atomic mass is 9.96. The lowest BCUT2D eigenvalue weighted by Gasteiger charge is -2.16. The number of nitrogens with zero attached hydrogens (tertiary/aromatic N) is 2. The number of imidazole rings is 1. The predicted octanol–water partition coefficient (Wildman–Crippen LogP) is 2.37. The number of aromatic nitrogens is 2. The fourth-order valence-electron chi connectivity index (χ4n) is 1.82. The second-order valence-corrected chi connectivity index (χ2v) is 5.03. The van der Waals surface area contributed by atoms with Gasteiger partial charge in [-0.3, -0.25) is 0 Å². The first-order valence-corrected chi connectivity index (χ1v) is 5.42. The molecule has 0 aliphatic rings. The second-order valence-electron chi connectivity index (χ2n) is 5.03. The molecule has 3 nitrogen and oxygen atoms in total. The third-order valence-corrected chi connectivity index (χ3v) is 2.59. The average molecular weight is 216 g/mol. The van der Waals surface area contributed by atoms with Crippen LogP contribution in [0.25, 0.3) is 5.52 Å². The Morgan fingerprint density at radius 2 is 2.19 bits per heavy atom. The smallest absolute Gasteiger partial charge is 0.124 e. The average Bonchev–Trinajstić information content (AvgIpc) is 2.60. The Balaban J connectivity index is 2.55. The molecule has 0 fully saturated rings. The number of pyridine rings is 1. The van der Waals surface area contributed by atoms with Crippen molar-refractivity contribution < 1.29 is 4.79 Å². The fraction of sp³-hybridized carbons (Fsp3) is 0.385. The Labute approximate surface area is 95.1 Å². The van der Waals surface area contributed by atoms with E-state index in [1.54, 1.807) is 0 Å². The third kappa shape index (κ3) is 1.85. The highest BCUT2D eigenvalue weighted by molar-refractivity contribution is 5.58. The Kier molecular flexibility index (Phi) is 2.54. The van der Waals surface area contributed by atoms with Crippen LogP contribution in [0.2, 0.25) is 0 Å². The van der Waals surface area contributed by atoms with Gasteiger partial charge in [0.15, 0.2) is 0 Å². The van der Waals surface area contributed by atoms with E-state index in [1.165, 1.54) is 0 Å². The molecule has 2 heterocycles. The first-order valence-electron chi connectivity index (χ1n) is 5.42. The maximum atomic E-state index is 10.5. The molecule has 16 heavy (non-hydrogen) atoms. The number of hydrogen-bond donors (Lipinski definition) is 0. The molecule has 84 valence electrons. The quantitative estimate of drug-likeness (QED) is 0.722. The standard InChI is InChI=1S/C13H16N2O/c1-13(2,3)12-14-9-11-8-10(5-7-16)4-6-15(11)12/h4,6-9H,5H2,1-3H3. The van der Waals surface area contributed by atoms with Gasteiger partial charge in [0.05, 0.1) is 11.7 Å². The van der Waals surface area contributed by atoms with Crippen molar-refractivity contribution in [2.75, 3.05) is 0 Å². The molecule has 0 unspecified atom stereocenters. The number of carbonyl (C=O) groups excluding carboxylic acids is 1. The van der Waals surface area contributed by atoms with Crippen LogP contribution in [-0.4, -0.2) is 15.7 Å². The van der Waals surface area contributed by atoms with Crippen molar-refractivity contribution in [2.24, 2.45) is 0 Å². The summed E-state index contributed by atoms with van der Waals surface area (Å²) < 4.78 is 2.08. The summed E-state index contributed by atoms with van der Waals surface area (Å²) in [5.41, 5.74) is 2.10. The number of rotatable bonds is 2. The third-order valence-electron chi connectivity index (χ3n) is 2.59. The summed E-state index contributed by atoms with van der Waals surface area (Å²) in [5, 5.41) is 0. The summed E-state index contributed by atoms with van der Waals surface area (Å²) >= 11 is 0. The monoisotopic (exact) mass is 216 g/mol. The molecule has 3 heteroatoms. The van der Waals surface area contributed by atoms with E-state index in [1.807, 2.05) is 24.5 Å². The lowest BCUT2D eigenvalue weighted by molar-refractivity contribution is -0.107. The van der Waals surface area contributed by atoms with Crippen LogP contribution in [0.5, 0.6) is 0 Å². The van der Waals surface area contributed by atoms with E-state index < -0.39 is 0 Å². The number of fused-ring (bicyclic) bond motifs is 1. The van der Waals surface area contributed by atoms with Crippen LogP contribution in [0.3, 0.4) is 0 Å². The molecule has 0 amide bonds. The van der Waals surface area contributed by atoms with E-state index in [2.05, 4.69) is 30.2 Å². The van der Waals surface area contributed by atoms with E-state index >= 15 is 0 Å². The van der Waals surface area contributed by atoms with E-state index in [0.717, 1.165) is 23.2 Å². The summed E-state index contributed by atoms with van der Waals surface area (Å²) in [6.07, 6.45) is 5.23. The minimum Gasteiger partial charge on any atom is -0.303 e. The van der Waals surface area contributed by atoms with Gasteiger partial charge in [-0.1, -0.05) is 20.8 Å². The summed E-state index contributed by atoms with van der Waals surface area (Å²) in [6, 6.07) is 3.98. The fourth-order valence-corrected chi connectivity index (χ4v) is 1.82. The largest absolute Gasteiger partial charge is 0.303 e. The first kappa shape index (κ1) is 10.9. The lowest BCUT2D eigenvalue weighted by Crippen LogP contribution is -2.15. The van der Waals surface area contributed by atoms with Crippen LogP contribution in [0, 0.1) is 0 Å². The maximum Gasteiger partial charge on any atom is 0.124 e. The van der Waals surface area contributed by atoms with E-state index in [4.69, 9.17) is 0 Å². The van der Waals surface area contributed by atoms with Gasteiger partial charge in [-0.2, -0.15) is 0 Å². The van der Waals surface area contributed by atoms with Gasteiger partial charge in [-0.05, 0) is 17.7 Å². The topological polar surface area (TPSA) is 34.4 Å². The molecule has 0 bridgehead atoms. The van der Waals surface area contributed by atoms with Crippen molar-refractivity contribution in [1.82, 2.24) is 9.38 Å². The van der Waals surface area contributed by atoms with Gasteiger partial charge in [0, 0.05) is 18.0 Å². The molecule has 0 radical (unpaired) electrons. The van der Waals surface area contributed by atoms with Gasteiger partial charge in [-0.25, -0.2) is 4.98 Å². The molecular formula is C13H16N2O. The van der Waals surface area contributed by atoms with Crippen molar-refractivity contribution in [3.8, 4) is 0 Å². The van der Waals surface area contributed by atoms with Crippen molar-refractivity contribution >= 4 is 11.8 Å². The highest BCUT2D eigenvalue weighted by Crippen LogP contribution is 2.22. The first-order chi connectivity index (χ1) is 7.52. The molecule has 0 N–H and O–H groups in total. The Morgan fingerprint density at radius 1 is 1.44 bits per heavy atom. The summed E-state index contributed by atoms with van der Waals surface area (Å²) in [5.74, 6) is 1.04. The van der Waals surface area contributed by atoms with Crippen LogP contribution in [-0.2, 0) is 16.6 Å². The van der Waals surface area contributed by atoms with Gasteiger partial charge < -0.3 is 9.20 Å². The molecule has 2 aromatic heterocycles. The van der Waals surface area contributed by atoms with E-state index in [9.17, 15) is 4.79 Å². The van der Waals surface area contributed by atoms with Crippen molar-refractivity contribution in [2.45, 2.75) is 32.6 Å². The Bertz CT molecular complexity index is 520. The van der Waals surface area contributed by atoms with E-state index in [0.29, 0.717) is 6.42 Å². The molecular weight excluding hydrogens is 200 g/mol. The van der Waals surface area contributed by atoms with Crippen molar-refractivity contribution in [1.29, 1.82) is 0 Å². The van der Waals surface area contributed by atoms with Gasteiger partial charge >= 0.3 is 0 Å². The minimum absolute atomic E-state index is 0.0264. The highest BCUT2D eigenvalue weighted by Gasteiger charge is 2.19. The van der Waals surface area contributed by atoms with Crippen molar-refractivity contribution in [3.05, 3.63) is 35.9 Å². The van der Waals surface area contributed by atoms with Crippen molar-refractivity contribution in [3.63, 3.8) is 0 Å². The number of carbonyl (C=O) groups is 1. The molecule has 0 aliphatic carbocycles. The Hall–Kier alpha value is -1.64. The zero-order valence-corrected chi connectivity index (χ0v) is 9.90. The predicted molar refractivity (Wildman–Crippen MR) is 63.7 cm³/mol. The zero-order valence-electron chi connectivity index (χ0n) is 9.90. The molecule has 0 aliphatic heterocycles. The molecule has 0 saturated heterocycles. The molecule has 2 rings (SSSR count). The summed E-state index contributed by atoms with van der Waals surface area (Å²) in [4.78, 5) is 14.9. The maximum absolute atomic E-state index is 10.5. The number of aldehydes is 1. The van der Waals surface area contributed by atoms with Crippen LogP contribution >= 0.6 is 0 Å². The Morgan fingerprint density at radius 3 is 2.81 bits per heavy atom.